The van der Waals surface area contributed by atoms with Crippen LogP contribution in [-0.4, -0.2) is 33.2 Å². The van der Waals surface area contributed by atoms with E-state index in [9.17, 15) is 0 Å². The van der Waals surface area contributed by atoms with Gasteiger partial charge in [0.15, 0.2) is 5.82 Å². The summed E-state index contributed by atoms with van der Waals surface area (Å²) in [7, 11) is 0. The van der Waals surface area contributed by atoms with Crippen LogP contribution in [0.5, 0.6) is 0 Å². The van der Waals surface area contributed by atoms with Gasteiger partial charge in [-0.05, 0) is 45.8 Å². The Hall–Kier alpha value is -1.62. The smallest absolute Gasteiger partial charge is 0.152 e. The first-order chi connectivity index (χ1) is 8.66. The Bertz CT molecular complexity index is 554. The van der Waals surface area contributed by atoms with Crippen LogP contribution in [0.4, 0.5) is 5.82 Å². The van der Waals surface area contributed by atoms with Crippen molar-refractivity contribution in [1.29, 1.82) is 0 Å². The van der Waals surface area contributed by atoms with E-state index in [1.54, 1.807) is 6.20 Å². The third-order valence-electron chi connectivity index (χ3n) is 3.64. The van der Waals surface area contributed by atoms with Gasteiger partial charge in [0.25, 0.3) is 0 Å². The molecule has 0 amide bonds. The number of hydrogen-bond acceptors (Lipinski definition) is 4. The molecule has 0 saturated carbocycles. The molecule has 0 radical (unpaired) electrons. The first-order valence-corrected chi connectivity index (χ1v) is 6.46. The van der Waals surface area contributed by atoms with Gasteiger partial charge in [0.05, 0.1) is 5.69 Å². The van der Waals surface area contributed by atoms with Crippen molar-refractivity contribution < 1.29 is 0 Å². The summed E-state index contributed by atoms with van der Waals surface area (Å²) in [4.78, 5) is 4.47. The third kappa shape index (κ3) is 2.06. The number of aryl methyl sites for hydroxylation is 1. The maximum atomic E-state index is 4.47. The zero-order valence-corrected chi connectivity index (χ0v) is 10.9. The van der Waals surface area contributed by atoms with E-state index in [4.69, 9.17) is 0 Å². The molecule has 0 spiro atoms. The second-order valence-electron chi connectivity index (χ2n) is 5.33. The molecule has 0 atom stereocenters. The van der Waals surface area contributed by atoms with Crippen LogP contribution in [0, 0.1) is 6.92 Å². The van der Waals surface area contributed by atoms with Crippen molar-refractivity contribution in [2.45, 2.75) is 32.2 Å². The fourth-order valence-corrected chi connectivity index (χ4v) is 2.53. The summed E-state index contributed by atoms with van der Waals surface area (Å²) in [6.07, 6.45) is 5.91. The monoisotopic (exact) mass is 245 g/mol. The lowest BCUT2D eigenvalue weighted by Crippen LogP contribution is -2.45. The van der Waals surface area contributed by atoms with Crippen LogP contribution < -0.4 is 10.6 Å². The van der Waals surface area contributed by atoms with Crippen LogP contribution in [0.15, 0.2) is 18.5 Å². The van der Waals surface area contributed by atoms with Crippen LogP contribution in [0.3, 0.4) is 0 Å². The van der Waals surface area contributed by atoms with E-state index in [1.807, 2.05) is 17.6 Å². The van der Waals surface area contributed by atoms with Crippen LogP contribution in [0.25, 0.3) is 5.52 Å². The van der Waals surface area contributed by atoms with Crippen molar-refractivity contribution >= 4 is 11.3 Å². The molecule has 1 saturated heterocycles. The van der Waals surface area contributed by atoms with Crippen molar-refractivity contribution in [1.82, 2.24) is 19.9 Å². The number of hydrogen-bond donors (Lipinski definition) is 2. The maximum Gasteiger partial charge on any atom is 0.152 e. The highest BCUT2D eigenvalue weighted by molar-refractivity contribution is 5.68. The topological polar surface area (TPSA) is 54.2 Å². The number of nitrogens with zero attached hydrogens (tertiary/aromatic N) is 3. The van der Waals surface area contributed by atoms with Gasteiger partial charge >= 0.3 is 0 Å². The molecule has 96 valence electrons. The first kappa shape index (κ1) is 11.5. The fourth-order valence-electron chi connectivity index (χ4n) is 2.53. The molecule has 1 aliphatic rings. The zero-order valence-electron chi connectivity index (χ0n) is 10.9. The van der Waals surface area contributed by atoms with Crippen LogP contribution in [0.1, 0.15) is 25.5 Å². The maximum absolute atomic E-state index is 4.47. The first-order valence-electron chi connectivity index (χ1n) is 6.46. The highest BCUT2D eigenvalue weighted by atomic mass is 15.2. The minimum absolute atomic E-state index is 0.123. The van der Waals surface area contributed by atoms with E-state index in [0.717, 1.165) is 43.0 Å². The van der Waals surface area contributed by atoms with Gasteiger partial charge in [0.2, 0.25) is 0 Å². The Morgan fingerprint density at radius 2 is 2.17 bits per heavy atom. The Labute approximate surface area is 107 Å². The Kier molecular flexibility index (Phi) is 2.70. The fraction of sp³-hybridized carbons (Fsp3) is 0.538. The number of anilines is 1. The molecule has 3 heterocycles. The SMILES string of the molecule is Cc1cc2c(NC3(C)CCNCC3)nccn2n1. The van der Waals surface area contributed by atoms with Crippen LogP contribution >= 0.6 is 0 Å². The summed E-state index contributed by atoms with van der Waals surface area (Å²) < 4.78 is 1.88. The van der Waals surface area contributed by atoms with Crippen molar-refractivity contribution in [2.24, 2.45) is 0 Å². The second kappa shape index (κ2) is 4.24. The lowest BCUT2D eigenvalue weighted by Gasteiger charge is -2.35. The van der Waals surface area contributed by atoms with Crippen molar-refractivity contribution in [3.63, 3.8) is 0 Å². The molecule has 2 N–H and O–H groups in total. The van der Waals surface area contributed by atoms with Gasteiger partial charge in [-0.3, -0.25) is 0 Å². The van der Waals surface area contributed by atoms with E-state index in [1.165, 1.54) is 0 Å². The predicted octanol–water partition coefficient (Wildman–Crippen LogP) is 1.59. The van der Waals surface area contributed by atoms with E-state index >= 15 is 0 Å². The van der Waals surface area contributed by atoms with Gasteiger partial charge in [-0.25, -0.2) is 9.50 Å². The van der Waals surface area contributed by atoms with Gasteiger partial charge in [-0.2, -0.15) is 5.10 Å². The van der Waals surface area contributed by atoms with Gasteiger partial charge in [-0.1, -0.05) is 0 Å². The molecule has 0 aliphatic carbocycles. The molecule has 5 nitrogen and oxygen atoms in total. The Balaban J connectivity index is 1.94. The summed E-state index contributed by atoms with van der Waals surface area (Å²) in [6.45, 7) is 6.39. The lowest BCUT2D eigenvalue weighted by molar-refractivity contribution is 0.364. The largest absolute Gasteiger partial charge is 0.363 e. The molecular formula is C13H19N5. The van der Waals surface area contributed by atoms with Gasteiger partial charge in [0, 0.05) is 17.9 Å². The van der Waals surface area contributed by atoms with Crippen molar-refractivity contribution in [3.8, 4) is 0 Å². The number of fused-ring (bicyclic) bond motifs is 1. The number of aromatic nitrogens is 3. The average Bonchev–Trinajstić information content (AvgIpc) is 2.71. The molecule has 18 heavy (non-hydrogen) atoms. The molecule has 2 aromatic rings. The average molecular weight is 245 g/mol. The standard InChI is InChI=1S/C13H19N5/c1-10-9-11-12(15-7-8-18(11)17-10)16-13(2)3-5-14-6-4-13/h7-9,14H,3-6H2,1-2H3,(H,15,16). The minimum Gasteiger partial charge on any atom is -0.363 e. The Morgan fingerprint density at radius 3 is 2.94 bits per heavy atom. The number of rotatable bonds is 2. The minimum atomic E-state index is 0.123. The highest BCUT2D eigenvalue weighted by Crippen LogP contribution is 2.25. The predicted molar refractivity (Wildman–Crippen MR) is 71.9 cm³/mol. The summed E-state index contributed by atoms with van der Waals surface area (Å²) in [5.41, 5.74) is 2.19. The quantitative estimate of drug-likeness (QED) is 0.843. The number of piperidine rings is 1. The summed E-state index contributed by atoms with van der Waals surface area (Å²) in [6, 6.07) is 2.07. The molecule has 1 fully saturated rings. The molecule has 0 unspecified atom stereocenters. The summed E-state index contributed by atoms with van der Waals surface area (Å²) in [5, 5.41) is 11.4. The van der Waals surface area contributed by atoms with E-state index in [2.05, 4.69) is 33.7 Å². The summed E-state index contributed by atoms with van der Waals surface area (Å²) in [5.74, 6) is 0.933. The number of nitrogens with one attached hydrogen (secondary N) is 2. The van der Waals surface area contributed by atoms with Gasteiger partial charge < -0.3 is 10.6 Å². The van der Waals surface area contributed by atoms with Crippen LogP contribution in [0.2, 0.25) is 0 Å². The molecular weight excluding hydrogens is 226 g/mol. The normalized spacial score (nSPS) is 19.0. The molecule has 0 bridgehead atoms. The van der Waals surface area contributed by atoms with Crippen molar-refractivity contribution in [2.75, 3.05) is 18.4 Å². The Morgan fingerprint density at radius 1 is 1.39 bits per heavy atom. The van der Waals surface area contributed by atoms with Gasteiger partial charge in [0.1, 0.15) is 5.52 Å². The van der Waals surface area contributed by atoms with Gasteiger partial charge in [-0.15, -0.1) is 0 Å². The molecule has 0 aromatic carbocycles. The molecule has 2 aromatic heterocycles. The third-order valence-corrected chi connectivity index (χ3v) is 3.64. The molecule has 1 aliphatic heterocycles. The lowest BCUT2D eigenvalue weighted by atomic mass is 9.90. The van der Waals surface area contributed by atoms with E-state index < -0.39 is 0 Å². The van der Waals surface area contributed by atoms with Crippen molar-refractivity contribution in [3.05, 3.63) is 24.2 Å². The second-order valence-corrected chi connectivity index (χ2v) is 5.33. The summed E-state index contributed by atoms with van der Waals surface area (Å²) >= 11 is 0. The molecule has 5 heteroatoms. The van der Waals surface area contributed by atoms with E-state index in [-0.39, 0.29) is 5.54 Å². The molecule has 3 rings (SSSR count). The van der Waals surface area contributed by atoms with Crippen LogP contribution in [-0.2, 0) is 0 Å². The zero-order chi connectivity index (χ0) is 12.6. The highest BCUT2D eigenvalue weighted by Gasteiger charge is 2.27. The van der Waals surface area contributed by atoms with E-state index in [0.29, 0.717) is 0 Å².